The second-order valence-corrected chi connectivity index (χ2v) is 5.17. The lowest BCUT2D eigenvalue weighted by Gasteiger charge is -2.10. The third-order valence-electron chi connectivity index (χ3n) is 3.21. The maximum atomic E-state index is 12.0. The van der Waals surface area contributed by atoms with Crippen molar-refractivity contribution in [3.8, 4) is 12.3 Å². The summed E-state index contributed by atoms with van der Waals surface area (Å²) in [7, 11) is 0. The van der Waals surface area contributed by atoms with Gasteiger partial charge in [0.2, 0.25) is 0 Å². The number of carbonyl (C=O) groups excluding carboxylic acids is 1. The molecule has 0 fully saturated rings. The standard InChI is InChI=1S/C15H15ClN2O2/c1-3-4-7-15(17-18-15)8-9-20-14(19)13-10-12(16)6-5-11(13)2/h1,5-6,10H,4,7-9H2,2H3. The number of nitrogens with zero attached hydrogens (tertiary/aromatic N) is 2. The first-order valence-corrected chi connectivity index (χ1v) is 6.75. The number of benzene rings is 1. The lowest BCUT2D eigenvalue weighted by molar-refractivity contribution is 0.0486. The van der Waals surface area contributed by atoms with Crippen LogP contribution in [0.15, 0.2) is 28.4 Å². The highest BCUT2D eigenvalue weighted by Gasteiger charge is 2.39. The zero-order valence-electron chi connectivity index (χ0n) is 11.2. The lowest BCUT2D eigenvalue weighted by atomic mass is 10.1. The van der Waals surface area contributed by atoms with Crippen LogP contribution in [0.4, 0.5) is 0 Å². The Balaban J connectivity index is 1.84. The van der Waals surface area contributed by atoms with Crippen molar-refractivity contribution in [1.82, 2.24) is 0 Å². The SMILES string of the molecule is C#CCCC1(CCOC(=O)c2cc(Cl)ccc2C)N=N1. The van der Waals surface area contributed by atoms with Gasteiger partial charge in [-0.2, -0.15) is 10.2 Å². The summed E-state index contributed by atoms with van der Waals surface area (Å²) in [6.07, 6.45) is 7.11. The number of halogens is 1. The Hall–Kier alpha value is -1.86. The summed E-state index contributed by atoms with van der Waals surface area (Å²) in [5, 5.41) is 8.49. The number of ether oxygens (including phenoxy) is 1. The van der Waals surface area contributed by atoms with Crippen LogP contribution in [0.2, 0.25) is 5.02 Å². The Labute approximate surface area is 123 Å². The first-order chi connectivity index (χ1) is 9.56. The zero-order chi connectivity index (χ0) is 14.6. The quantitative estimate of drug-likeness (QED) is 0.591. The molecule has 0 radical (unpaired) electrons. The van der Waals surface area contributed by atoms with Crippen LogP contribution in [0.25, 0.3) is 0 Å². The molecule has 1 aliphatic heterocycles. The lowest BCUT2D eigenvalue weighted by Crippen LogP contribution is -2.16. The van der Waals surface area contributed by atoms with Crippen LogP contribution in [-0.2, 0) is 4.74 Å². The molecule has 0 bridgehead atoms. The topological polar surface area (TPSA) is 51.0 Å². The maximum absolute atomic E-state index is 12.0. The summed E-state index contributed by atoms with van der Waals surface area (Å²) in [6.45, 7) is 2.11. The van der Waals surface area contributed by atoms with E-state index in [1.165, 1.54) is 0 Å². The minimum atomic E-state index is -0.421. The molecular weight excluding hydrogens is 276 g/mol. The van der Waals surface area contributed by atoms with Crippen molar-refractivity contribution >= 4 is 17.6 Å². The number of rotatable bonds is 6. The van der Waals surface area contributed by atoms with Crippen molar-refractivity contribution in [2.24, 2.45) is 10.2 Å². The Morgan fingerprint density at radius 3 is 2.85 bits per heavy atom. The van der Waals surface area contributed by atoms with Gasteiger partial charge in [0, 0.05) is 24.3 Å². The molecule has 0 aromatic heterocycles. The third-order valence-corrected chi connectivity index (χ3v) is 3.44. The smallest absolute Gasteiger partial charge is 0.338 e. The average molecular weight is 291 g/mol. The van der Waals surface area contributed by atoms with E-state index in [1.807, 2.05) is 6.92 Å². The molecule has 0 saturated carbocycles. The van der Waals surface area contributed by atoms with Crippen LogP contribution < -0.4 is 0 Å². The van der Waals surface area contributed by atoms with E-state index in [9.17, 15) is 4.79 Å². The molecule has 0 unspecified atom stereocenters. The average Bonchev–Trinajstić information content (AvgIpc) is 3.19. The number of hydrogen-bond donors (Lipinski definition) is 0. The molecule has 0 spiro atoms. The molecule has 2 rings (SSSR count). The first-order valence-electron chi connectivity index (χ1n) is 6.37. The molecule has 0 saturated heterocycles. The van der Waals surface area contributed by atoms with Gasteiger partial charge in [0.1, 0.15) is 0 Å². The fraction of sp³-hybridized carbons (Fsp3) is 0.400. The maximum Gasteiger partial charge on any atom is 0.338 e. The second kappa shape index (κ2) is 6.06. The van der Waals surface area contributed by atoms with E-state index in [1.54, 1.807) is 18.2 Å². The van der Waals surface area contributed by atoms with Crippen molar-refractivity contribution in [2.45, 2.75) is 31.8 Å². The summed E-state index contributed by atoms with van der Waals surface area (Å²) in [5.74, 6) is 2.18. The van der Waals surface area contributed by atoms with Crippen LogP contribution in [0.5, 0.6) is 0 Å². The predicted octanol–water partition coefficient (Wildman–Crippen LogP) is 3.77. The summed E-state index contributed by atoms with van der Waals surface area (Å²) >= 11 is 5.88. The molecule has 5 heteroatoms. The fourth-order valence-corrected chi connectivity index (χ4v) is 2.04. The van der Waals surface area contributed by atoms with Gasteiger partial charge in [0.05, 0.1) is 12.2 Å². The van der Waals surface area contributed by atoms with Gasteiger partial charge < -0.3 is 4.74 Å². The van der Waals surface area contributed by atoms with Gasteiger partial charge in [0.15, 0.2) is 5.66 Å². The van der Waals surface area contributed by atoms with E-state index >= 15 is 0 Å². The third kappa shape index (κ3) is 3.58. The zero-order valence-corrected chi connectivity index (χ0v) is 12.0. The second-order valence-electron chi connectivity index (χ2n) is 4.73. The van der Waals surface area contributed by atoms with Gasteiger partial charge in [-0.1, -0.05) is 17.7 Å². The highest BCUT2D eigenvalue weighted by atomic mass is 35.5. The van der Waals surface area contributed by atoms with E-state index in [4.69, 9.17) is 22.8 Å². The van der Waals surface area contributed by atoms with Gasteiger partial charge >= 0.3 is 5.97 Å². The summed E-state index contributed by atoms with van der Waals surface area (Å²) < 4.78 is 5.25. The Bertz CT molecular complexity index is 584. The molecule has 1 aromatic carbocycles. The molecule has 0 aliphatic carbocycles. The van der Waals surface area contributed by atoms with Crippen LogP contribution in [-0.4, -0.2) is 18.2 Å². The molecular formula is C15H15ClN2O2. The van der Waals surface area contributed by atoms with E-state index in [-0.39, 0.29) is 12.6 Å². The van der Waals surface area contributed by atoms with Gasteiger partial charge in [-0.15, -0.1) is 12.3 Å². The molecule has 1 aliphatic rings. The van der Waals surface area contributed by atoms with E-state index in [2.05, 4.69) is 16.1 Å². The van der Waals surface area contributed by atoms with E-state index in [0.717, 1.165) is 5.56 Å². The monoisotopic (exact) mass is 290 g/mol. The fourth-order valence-electron chi connectivity index (χ4n) is 1.87. The normalized spacial score (nSPS) is 14.7. The molecule has 1 aromatic rings. The molecule has 20 heavy (non-hydrogen) atoms. The number of terminal acetylenes is 1. The number of esters is 1. The van der Waals surface area contributed by atoms with Crippen molar-refractivity contribution in [2.75, 3.05) is 6.61 Å². The molecule has 0 amide bonds. The predicted molar refractivity (Wildman–Crippen MR) is 76.7 cm³/mol. The van der Waals surface area contributed by atoms with Crippen molar-refractivity contribution < 1.29 is 9.53 Å². The van der Waals surface area contributed by atoms with Crippen molar-refractivity contribution in [3.05, 3.63) is 34.3 Å². The largest absolute Gasteiger partial charge is 0.462 e. The van der Waals surface area contributed by atoms with Crippen LogP contribution in [0.1, 0.15) is 35.2 Å². The Morgan fingerprint density at radius 2 is 2.20 bits per heavy atom. The highest BCUT2D eigenvalue weighted by Crippen LogP contribution is 2.36. The minimum absolute atomic E-state index is 0.266. The summed E-state index contributed by atoms with van der Waals surface area (Å²) in [4.78, 5) is 12.0. The highest BCUT2D eigenvalue weighted by molar-refractivity contribution is 6.31. The Kier molecular flexibility index (Phi) is 4.41. The summed E-state index contributed by atoms with van der Waals surface area (Å²) in [5.41, 5.74) is 0.901. The van der Waals surface area contributed by atoms with E-state index in [0.29, 0.717) is 29.8 Å². The minimum Gasteiger partial charge on any atom is -0.462 e. The van der Waals surface area contributed by atoms with Gasteiger partial charge in [0.25, 0.3) is 0 Å². The molecule has 104 valence electrons. The van der Waals surface area contributed by atoms with Gasteiger partial charge in [-0.05, 0) is 24.6 Å². The summed E-state index contributed by atoms with van der Waals surface area (Å²) in [6, 6.07) is 5.14. The van der Waals surface area contributed by atoms with Gasteiger partial charge in [-0.25, -0.2) is 4.79 Å². The molecule has 4 nitrogen and oxygen atoms in total. The van der Waals surface area contributed by atoms with Crippen LogP contribution in [0.3, 0.4) is 0 Å². The van der Waals surface area contributed by atoms with Gasteiger partial charge in [-0.3, -0.25) is 0 Å². The number of aryl methyl sites for hydroxylation is 1. The number of carbonyl (C=O) groups is 1. The molecule has 0 N–H and O–H groups in total. The van der Waals surface area contributed by atoms with Crippen molar-refractivity contribution in [3.63, 3.8) is 0 Å². The molecule has 1 heterocycles. The van der Waals surface area contributed by atoms with E-state index < -0.39 is 5.66 Å². The molecule has 0 atom stereocenters. The number of hydrogen-bond acceptors (Lipinski definition) is 4. The van der Waals surface area contributed by atoms with Crippen LogP contribution in [0, 0.1) is 19.3 Å². The first kappa shape index (κ1) is 14.5. The van der Waals surface area contributed by atoms with Crippen molar-refractivity contribution in [1.29, 1.82) is 0 Å². The Morgan fingerprint density at radius 1 is 1.45 bits per heavy atom. The van der Waals surface area contributed by atoms with Crippen LogP contribution >= 0.6 is 11.6 Å².